The molecule has 80 valence electrons. The van der Waals surface area contributed by atoms with E-state index in [0.29, 0.717) is 6.41 Å². The summed E-state index contributed by atoms with van der Waals surface area (Å²) in [6.45, 7) is 2.09. The van der Waals surface area contributed by atoms with Crippen LogP contribution in [0.25, 0.3) is 11.1 Å². The van der Waals surface area contributed by atoms with Crippen molar-refractivity contribution in [3.63, 3.8) is 0 Å². The molecule has 2 aromatic rings. The van der Waals surface area contributed by atoms with E-state index in [-0.39, 0.29) is 0 Å². The summed E-state index contributed by atoms with van der Waals surface area (Å²) in [5.74, 6) is 0. The minimum atomic E-state index is 0.683. The van der Waals surface area contributed by atoms with Crippen LogP contribution in [0.2, 0.25) is 0 Å². The molecule has 2 nitrogen and oxygen atoms in total. The molecule has 0 aliphatic heterocycles. The largest absolute Gasteiger partial charge is 0.329 e. The van der Waals surface area contributed by atoms with Gasteiger partial charge >= 0.3 is 0 Å². The predicted molar refractivity (Wildman–Crippen MR) is 66.3 cm³/mol. The van der Waals surface area contributed by atoms with Gasteiger partial charge in [-0.1, -0.05) is 36.4 Å². The fourth-order valence-electron chi connectivity index (χ4n) is 1.71. The Morgan fingerprint density at radius 2 is 1.69 bits per heavy atom. The Kier molecular flexibility index (Phi) is 3.01. The van der Waals surface area contributed by atoms with Gasteiger partial charge in [-0.3, -0.25) is 4.79 Å². The highest BCUT2D eigenvalue weighted by Crippen LogP contribution is 2.24. The zero-order chi connectivity index (χ0) is 11.4. The highest BCUT2D eigenvalue weighted by Gasteiger charge is 2.00. The normalized spacial score (nSPS) is 9.81. The molecule has 16 heavy (non-hydrogen) atoms. The first-order chi connectivity index (χ1) is 7.81. The van der Waals surface area contributed by atoms with Crippen LogP contribution in [-0.2, 0) is 4.79 Å². The Morgan fingerprint density at radius 1 is 1.00 bits per heavy atom. The van der Waals surface area contributed by atoms with E-state index in [9.17, 15) is 4.79 Å². The molecule has 0 spiro atoms. The van der Waals surface area contributed by atoms with Gasteiger partial charge in [-0.25, -0.2) is 0 Å². The molecule has 0 saturated carbocycles. The molecule has 2 aromatic carbocycles. The van der Waals surface area contributed by atoms with Gasteiger partial charge in [0.25, 0.3) is 0 Å². The molecule has 0 bridgehead atoms. The van der Waals surface area contributed by atoms with Gasteiger partial charge in [0, 0.05) is 5.69 Å². The van der Waals surface area contributed by atoms with Crippen LogP contribution in [0.1, 0.15) is 5.56 Å². The van der Waals surface area contributed by atoms with Crippen LogP contribution < -0.4 is 5.32 Å². The maximum Gasteiger partial charge on any atom is 0.211 e. The summed E-state index contributed by atoms with van der Waals surface area (Å²) in [5.41, 5.74) is 4.45. The van der Waals surface area contributed by atoms with E-state index in [1.54, 1.807) is 0 Å². The van der Waals surface area contributed by atoms with Crippen molar-refractivity contribution in [2.45, 2.75) is 6.92 Å². The summed E-state index contributed by atoms with van der Waals surface area (Å²) in [4.78, 5) is 10.3. The lowest BCUT2D eigenvalue weighted by atomic mass is 10.0. The second kappa shape index (κ2) is 4.62. The van der Waals surface area contributed by atoms with E-state index in [2.05, 4.69) is 24.4 Å². The summed E-state index contributed by atoms with van der Waals surface area (Å²) in [6.07, 6.45) is 0.683. The molecule has 0 aliphatic carbocycles. The maximum atomic E-state index is 10.3. The van der Waals surface area contributed by atoms with Crippen molar-refractivity contribution < 1.29 is 4.79 Å². The monoisotopic (exact) mass is 211 g/mol. The summed E-state index contributed by atoms with van der Waals surface area (Å²) in [6, 6.07) is 16.1. The first-order valence-electron chi connectivity index (χ1n) is 5.17. The first-order valence-corrected chi connectivity index (χ1v) is 5.17. The van der Waals surface area contributed by atoms with Crippen molar-refractivity contribution in [1.82, 2.24) is 0 Å². The van der Waals surface area contributed by atoms with Gasteiger partial charge in [-0.2, -0.15) is 0 Å². The summed E-state index contributed by atoms with van der Waals surface area (Å²) in [7, 11) is 0. The average Bonchev–Trinajstić information content (AvgIpc) is 2.31. The number of rotatable bonds is 3. The SMILES string of the molecule is Cc1ccccc1-c1ccc(NC=O)cc1. The predicted octanol–water partition coefficient (Wildman–Crippen LogP) is 3.23. The van der Waals surface area contributed by atoms with Crippen molar-refractivity contribution in [2.24, 2.45) is 0 Å². The summed E-state index contributed by atoms with van der Waals surface area (Å²) < 4.78 is 0. The molecule has 1 amide bonds. The fraction of sp³-hybridized carbons (Fsp3) is 0.0714. The number of aryl methyl sites for hydroxylation is 1. The molecule has 0 fully saturated rings. The molecular formula is C14H13NO. The first kappa shape index (κ1) is 10.4. The number of amides is 1. The molecular weight excluding hydrogens is 198 g/mol. The van der Waals surface area contributed by atoms with Gasteiger partial charge in [0.15, 0.2) is 0 Å². The Morgan fingerprint density at radius 3 is 2.31 bits per heavy atom. The lowest BCUT2D eigenvalue weighted by Gasteiger charge is -2.06. The van der Waals surface area contributed by atoms with Crippen molar-refractivity contribution in [3.8, 4) is 11.1 Å². The smallest absolute Gasteiger partial charge is 0.211 e. The number of anilines is 1. The minimum Gasteiger partial charge on any atom is -0.329 e. The molecule has 0 aliphatic rings. The fourth-order valence-corrected chi connectivity index (χ4v) is 1.71. The van der Waals surface area contributed by atoms with E-state index in [0.717, 1.165) is 11.3 Å². The van der Waals surface area contributed by atoms with E-state index in [4.69, 9.17) is 0 Å². The van der Waals surface area contributed by atoms with Gasteiger partial charge in [0.05, 0.1) is 0 Å². The van der Waals surface area contributed by atoms with Gasteiger partial charge in [-0.05, 0) is 35.7 Å². The molecule has 0 saturated heterocycles. The van der Waals surface area contributed by atoms with Gasteiger partial charge in [-0.15, -0.1) is 0 Å². The molecule has 0 atom stereocenters. The standard InChI is InChI=1S/C14H13NO/c1-11-4-2-3-5-14(11)12-6-8-13(9-7-12)15-10-16/h2-10H,1H3,(H,15,16). The van der Waals surface area contributed by atoms with Crippen LogP contribution >= 0.6 is 0 Å². The third-order valence-corrected chi connectivity index (χ3v) is 2.57. The average molecular weight is 211 g/mol. The highest BCUT2D eigenvalue weighted by atomic mass is 16.1. The lowest BCUT2D eigenvalue weighted by Crippen LogP contribution is -1.92. The molecule has 0 radical (unpaired) electrons. The van der Waals surface area contributed by atoms with Crippen LogP contribution in [0.5, 0.6) is 0 Å². The molecule has 2 rings (SSSR count). The van der Waals surface area contributed by atoms with Crippen LogP contribution in [-0.4, -0.2) is 6.41 Å². The van der Waals surface area contributed by atoms with Crippen LogP contribution in [0.15, 0.2) is 48.5 Å². The van der Waals surface area contributed by atoms with Crippen LogP contribution in [0, 0.1) is 6.92 Å². The minimum absolute atomic E-state index is 0.683. The zero-order valence-electron chi connectivity index (χ0n) is 9.10. The number of carbonyl (C=O) groups is 1. The summed E-state index contributed by atoms with van der Waals surface area (Å²) >= 11 is 0. The quantitative estimate of drug-likeness (QED) is 0.776. The van der Waals surface area contributed by atoms with Crippen molar-refractivity contribution in [2.75, 3.05) is 5.32 Å². The number of hydrogen-bond donors (Lipinski definition) is 1. The highest BCUT2D eigenvalue weighted by molar-refractivity contribution is 5.74. The molecule has 0 heterocycles. The zero-order valence-corrected chi connectivity index (χ0v) is 9.10. The van der Waals surface area contributed by atoms with Gasteiger partial charge in [0.1, 0.15) is 0 Å². The number of carbonyl (C=O) groups excluding carboxylic acids is 1. The van der Waals surface area contributed by atoms with Gasteiger partial charge in [0.2, 0.25) is 6.41 Å². The number of hydrogen-bond acceptors (Lipinski definition) is 1. The number of benzene rings is 2. The van der Waals surface area contributed by atoms with Crippen molar-refractivity contribution >= 4 is 12.1 Å². The molecule has 0 unspecified atom stereocenters. The summed E-state index contributed by atoms with van der Waals surface area (Å²) in [5, 5.41) is 2.62. The second-order valence-corrected chi connectivity index (χ2v) is 3.65. The second-order valence-electron chi connectivity index (χ2n) is 3.65. The van der Waals surface area contributed by atoms with Crippen molar-refractivity contribution in [1.29, 1.82) is 0 Å². The third kappa shape index (κ3) is 2.11. The Labute approximate surface area is 94.9 Å². The Balaban J connectivity index is 2.35. The topological polar surface area (TPSA) is 29.1 Å². The molecule has 1 N–H and O–H groups in total. The van der Waals surface area contributed by atoms with E-state index >= 15 is 0 Å². The van der Waals surface area contributed by atoms with E-state index in [1.807, 2.05) is 36.4 Å². The van der Waals surface area contributed by atoms with E-state index in [1.165, 1.54) is 11.1 Å². The van der Waals surface area contributed by atoms with Crippen molar-refractivity contribution in [3.05, 3.63) is 54.1 Å². The lowest BCUT2D eigenvalue weighted by molar-refractivity contribution is -0.105. The van der Waals surface area contributed by atoms with Gasteiger partial charge < -0.3 is 5.32 Å². The Bertz CT molecular complexity index is 488. The van der Waals surface area contributed by atoms with Crippen LogP contribution in [0.3, 0.4) is 0 Å². The maximum absolute atomic E-state index is 10.3. The molecule has 0 aromatic heterocycles. The van der Waals surface area contributed by atoms with E-state index < -0.39 is 0 Å². The third-order valence-electron chi connectivity index (χ3n) is 2.57. The number of nitrogens with one attached hydrogen (secondary N) is 1. The Hall–Kier alpha value is -2.09. The molecule has 2 heteroatoms. The van der Waals surface area contributed by atoms with Crippen LogP contribution in [0.4, 0.5) is 5.69 Å².